The third-order valence-electron chi connectivity index (χ3n) is 3.40. The van der Waals surface area contributed by atoms with Gasteiger partial charge in [-0.05, 0) is 33.1 Å². The van der Waals surface area contributed by atoms with E-state index in [1.165, 1.54) is 0 Å². The van der Waals surface area contributed by atoms with Crippen LogP contribution in [0.15, 0.2) is 4.99 Å². The maximum Gasteiger partial charge on any atom is 0.0419 e. The summed E-state index contributed by atoms with van der Waals surface area (Å²) in [7, 11) is 1.83. The first-order chi connectivity index (χ1) is 8.19. The summed E-state index contributed by atoms with van der Waals surface area (Å²) < 4.78 is 0. The second-order valence-corrected chi connectivity index (χ2v) is 5.92. The van der Waals surface area contributed by atoms with E-state index in [-0.39, 0.29) is 11.5 Å². The van der Waals surface area contributed by atoms with Crippen LogP contribution >= 0.6 is 0 Å². The van der Waals surface area contributed by atoms with Crippen LogP contribution in [0.2, 0.25) is 0 Å². The molecule has 0 aromatic carbocycles. The molecule has 0 amide bonds. The monoisotopic (exact) mass is 254 g/mol. The van der Waals surface area contributed by atoms with E-state index >= 15 is 0 Å². The van der Waals surface area contributed by atoms with Crippen molar-refractivity contribution in [2.24, 2.45) is 10.4 Å². The van der Waals surface area contributed by atoms with Gasteiger partial charge < -0.3 is 16.0 Å². The zero-order chi connectivity index (χ0) is 14.3. The fourth-order valence-electron chi connectivity index (χ4n) is 1.42. The molecule has 0 radical (unpaired) electrons. The topological polar surface area (TPSA) is 60.3 Å². The summed E-state index contributed by atoms with van der Waals surface area (Å²) in [4.78, 5) is 4.20. The minimum Gasteiger partial charge on any atom is -0.309 e. The second-order valence-electron chi connectivity index (χ2n) is 5.92. The van der Waals surface area contributed by atoms with Gasteiger partial charge in [0.1, 0.15) is 0 Å². The molecule has 4 heteroatoms. The Morgan fingerprint density at radius 3 is 1.94 bits per heavy atom. The van der Waals surface area contributed by atoms with Crippen molar-refractivity contribution in [3.05, 3.63) is 0 Å². The molecule has 0 rings (SSSR count). The number of hydrogen-bond donors (Lipinski definition) is 3. The van der Waals surface area contributed by atoms with E-state index in [0.29, 0.717) is 11.8 Å². The van der Waals surface area contributed by atoms with Gasteiger partial charge in [-0.2, -0.15) is 0 Å². The van der Waals surface area contributed by atoms with Gasteiger partial charge in [0.2, 0.25) is 0 Å². The van der Waals surface area contributed by atoms with Crippen LogP contribution in [0, 0.1) is 10.8 Å². The van der Waals surface area contributed by atoms with Gasteiger partial charge in [-0.1, -0.05) is 13.8 Å². The van der Waals surface area contributed by atoms with E-state index in [4.69, 9.17) is 5.41 Å². The Morgan fingerprint density at radius 2 is 1.56 bits per heavy atom. The largest absolute Gasteiger partial charge is 0.309 e. The van der Waals surface area contributed by atoms with E-state index in [0.717, 1.165) is 18.8 Å². The molecule has 0 unspecified atom stereocenters. The van der Waals surface area contributed by atoms with Crippen molar-refractivity contribution >= 4 is 11.4 Å². The lowest BCUT2D eigenvalue weighted by molar-refractivity contribution is 0.314. The maximum atomic E-state index is 7.57. The molecule has 0 aliphatic rings. The maximum absolute atomic E-state index is 7.57. The minimum atomic E-state index is 0.153. The van der Waals surface area contributed by atoms with E-state index in [2.05, 4.69) is 36.4 Å². The molecule has 0 aromatic heterocycles. The van der Waals surface area contributed by atoms with Gasteiger partial charge >= 0.3 is 0 Å². The van der Waals surface area contributed by atoms with Crippen molar-refractivity contribution in [1.82, 2.24) is 10.6 Å². The smallest absolute Gasteiger partial charge is 0.0419 e. The molecule has 0 heterocycles. The molecular formula is C14H30N4. The van der Waals surface area contributed by atoms with Gasteiger partial charge in [-0.15, -0.1) is 0 Å². The van der Waals surface area contributed by atoms with Gasteiger partial charge in [-0.25, -0.2) is 0 Å². The van der Waals surface area contributed by atoms with Crippen molar-refractivity contribution in [2.45, 2.75) is 53.6 Å². The number of nitrogens with zero attached hydrogens (tertiary/aromatic N) is 1. The van der Waals surface area contributed by atoms with Gasteiger partial charge in [0, 0.05) is 43.6 Å². The molecule has 0 fully saturated rings. The van der Waals surface area contributed by atoms with Crippen LogP contribution in [0.3, 0.4) is 0 Å². The number of hydrogen-bond acceptors (Lipinski definition) is 4. The van der Waals surface area contributed by atoms with E-state index in [9.17, 15) is 0 Å². The highest BCUT2D eigenvalue weighted by atomic mass is 15.0. The van der Waals surface area contributed by atoms with Gasteiger partial charge in [0.05, 0.1) is 0 Å². The summed E-state index contributed by atoms with van der Waals surface area (Å²) in [6.45, 7) is 14.3. The zero-order valence-electron chi connectivity index (χ0n) is 13.0. The lowest BCUT2D eigenvalue weighted by atomic mass is 9.92. The first kappa shape index (κ1) is 17.3. The first-order valence-electron chi connectivity index (χ1n) is 6.64. The molecule has 0 saturated heterocycles. The van der Waals surface area contributed by atoms with Crippen molar-refractivity contribution in [2.75, 3.05) is 20.1 Å². The van der Waals surface area contributed by atoms with Crippen molar-refractivity contribution in [1.29, 1.82) is 5.41 Å². The summed E-state index contributed by atoms with van der Waals surface area (Å²) in [5.41, 5.74) is 1.97. The molecule has 2 atom stereocenters. The van der Waals surface area contributed by atoms with Crippen LogP contribution in [-0.2, 0) is 0 Å². The summed E-state index contributed by atoms with van der Waals surface area (Å²) in [6, 6.07) is 0.469. The Balaban J connectivity index is 4.12. The predicted octanol–water partition coefficient (Wildman–Crippen LogP) is 2.10. The molecule has 3 N–H and O–H groups in total. The Bertz CT molecular complexity index is 294. The number of rotatable bonds is 8. The number of aliphatic imine (C=N–C) groups is 1. The zero-order valence-corrected chi connectivity index (χ0v) is 13.0. The van der Waals surface area contributed by atoms with Crippen LogP contribution in [0.5, 0.6) is 0 Å². The first-order valence-corrected chi connectivity index (χ1v) is 6.64. The normalized spacial score (nSPS) is 16.5. The molecule has 0 saturated carbocycles. The van der Waals surface area contributed by atoms with Crippen LogP contribution in [-0.4, -0.2) is 43.6 Å². The molecule has 0 aromatic rings. The SMILES string of the molecule is CN=C(C)[C@H](C)NCC(C)(C)CN[C@@H](C)C(C)=N. The summed E-state index contributed by atoms with van der Waals surface area (Å²) in [5, 5.41) is 14.5. The van der Waals surface area contributed by atoms with Crippen molar-refractivity contribution in [3.63, 3.8) is 0 Å². The Morgan fingerprint density at radius 1 is 1.11 bits per heavy atom. The van der Waals surface area contributed by atoms with Crippen molar-refractivity contribution < 1.29 is 0 Å². The average molecular weight is 254 g/mol. The molecule has 18 heavy (non-hydrogen) atoms. The highest BCUT2D eigenvalue weighted by Gasteiger charge is 2.20. The molecule has 0 aliphatic carbocycles. The highest BCUT2D eigenvalue weighted by Crippen LogP contribution is 2.12. The minimum absolute atomic E-state index is 0.153. The summed E-state index contributed by atoms with van der Waals surface area (Å²) in [5.74, 6) is 0. The number of nitrogens with one attached hydrogen (secondary N) is 3. The lowest BCUT2D eigenvalue weighted by Crippen LogP contribution is -2.46. The van der Waals surface area contributed by atoms with E-state index < -0.39 is 0 Å². The predicted molar refractivity (Wildman–Crippen MR) is 81.1 cm³/mol. The Kier molecular flexibility index (Phi) is 7.33. The summed E-state index contributed by atoms with van der Waals surface area (Å²) in [6.07, 6.45) is 0. The molecule has 0 aliphatic heterocycles. The second kappa shape index (κ2) is 7.64. The van der Waals surface area contributed by atoms with Crippen LogP contribution in [0.1, 0.15) is 41.5 Å². The Hall–Kier alpha value is -0.740. The fraction of sp³-hybridized carbons (Fsp3) is 0.857. The standard InChI is InChI=1S/C14H30N4/c1-10(15)11(2)17-8-14(5,6)9-18-13(4)12(3)16-7/h11,13,15,17-18H,8-9H2,1-7H3/t11-,13-/m0/s1. The molecule has 106 valence electrons. The van der Waals surface area contributed by atoms with Crippen LogP contribution in [0.4, 0.5) is 0 Å². The van der Waals surface area contributed by atoms with Crippen LogP contribution in [0.25, 0.3) is 0 Å². The van der Waals surface area contributed by atoms with Gasteiger partial charge in [0.25, 0.3) is 0 Å². The molecule has 0 bridgehead atoms. The quantitative estimate of drug-likeness (QED) is 0.581. The Labute approximate surface area is 112 Å². The fourth-order valence-corrected chi connectivity index (χ4v) is 1.42. The molecule has 0 spiro atoms. The lowest BCUT2D eigenvalue weighted by Gasteiger charge is -2.29. The third kappa shape index (κ3) is 6.87. The van der Waals surface area contributed by atoms with E-state index in [1.54, 1.807) is 0 Å². The highest BCUT2D eigenvalue weighted by molar-refractivity contribution is 5.86. The third-order valence-corrected chi connectivity index (χ3v) is 3.40. The molecular weight excluding hydrogens is 224 g/mol. The summed E-state index contributed by atoms with van der Waals surface area (Å²) >= 11 is 0. The average Bonchev–Trinajstić information content (AvgIpc) is 2.31. The van der Waals surface area contributed by atoms with Gasteiger partial charge in [0.15, 0.2) is 0 Å². The van der Waals surface area contributed by atoms with Crippen LogP contribution < -0.4 is 10.6 Å². The van der Waals surface area contributed by atoms with Crippen molar-refractivity contribution in [3.8, 4) is 0 Å². The van der Waals surface area contributed by atoms with E-state index in [1.807, 2.05) is 27.8 Å². The van der Waals surface area contributed by atoms with Gasteiger partial charge in [-0.3, -0.25) is 4.99 Å². The molecule has 4 nitrogen and oxygen atoms in total.